The van der Waals surface area contributed by atoms with E-state index in [0.29, 0.717) is 28.8 Å². The van der Waals surface area contributed by atoms with Crippen molar-refractivity contribution in [2.24, 2.45) is 5.73 Å². The van der Waals surface area contributed by atoms with E-state index in [2.05, 4.69) is 26.2 Å². The van der Waals surface area contributed by atoms with Gasteiger partial charge in [0.2, 0.25) is 0 Å². The van der Waals surface area contributed by atoms with Gasteiger partial charge in [0.05, 0.1) is 10.7 Å². The van der Waals surface area contributed by atoms with E-state index in [9.17, 15) is 9.18 Å². The molecule has 0 aliphatic heterocycles. The molecule has 0 bridgehead atoms. The van der Waals surface area contributed by atoms with Gasteiger partial charge in [-0.05, 0) is 40.7 Å². The second-order valence-corrected chi connectivity index (χ2v) is 5.54. The van der Waals surface area contributed by atoms with Crippen LogP contribution in [0.2, 0.25) is 0 Å². The fraction of sp³-hybridized carbons (Fsp3) is 0.167. The first-order valence-corrected chi connectivity index (χ1v) is 7.18. The van der Waals surface area contributed by atoms with Crippen molar-refractivity contribution in [3.63, 3.8) is 0 Å². The topological polar surface area (TPSA) is 68.0 Å². The Labute approximate surface area is 122 Å². The van der Waals surface area contributed by atoms with Gasteiger partial charge >= 0.3 is 0 Å². The van der Waals surface area contributed by atoms with Crippen LogP contribution in [0.25, 0.3) is 0 Å². The number of halogens is 2. The van der Waals surface area contributed by atoms with Gasteiger partial charge in [-0.25, -0.2) is 9.37 Å². The average Bonchev–Trinajstić information content (AvgIpc) is 2.83. The SMILES string of the molecule is NCCc1nc(C(=O)Nc2cc(F)ccc2Br)cs1. The highest BCUT2D eigenvalue weighted by atomic mass is 79.9. The minimum atomic E-state index is -0.416. The lowest BCUT2D eigenvalue weighted by Crippen LogP contribution is -2.13. The minimum Gasteiger partial charge on any atom is -0.330 e. The zero-order chi connectivity index (χ0) is 13.8. The molecule has 19 heavy (non-hydrogen) atoms. The molecule has 2 aromatic rings. The first kappa shape index (κ1) is 14.1. The molecular weight excluding hydrogens is 333 g/mol. The highest BCUT2D eigenvalue weighted by Crippen LogP contribution is 2.23. The van der Waals surface area contributed by atoms with Gasteiger partial charge in [0.15, 0.2) is 0 Å². The Hall–Kier alpha value is -1.31. The Kier molecular flexibility index (Phi) is 4.62. The molecule has 0 saturated heterocycles. The largest absolute Gasteiger partial charge is 0.330 e. The third kappa shape index (κ3) is 3.59. The summed E-state index contributed by atoms with van der Waals surface area (Å²) in [7, 11) is 0. The summed E-state index contributed by atoms with van der Waals surface area (Å²) in [4.78, 5) is 16.1. The lowest BCUT2D eigenvalue weighted by molar-refractivity contribution is 0.102. The maximum atomic E-state index is 13.1. The predicted molar refractivity (Wildman–Crippen MR) is 76.9 cm³/mol. The third-order valence-corrected chi connectivity index (χ3v) is 3.92. The normalized spacial score (nSPS) is 10.5. The molecule has 0 fully saturated rings. The van der Waals surface area contributed by atoms with Crippen molar-refractivity contribution in [1.29, 1.82) is 0 Å². The summed E-state index contributed by atoms with van der Waals surface area (Å²) >= 11 is 4.63. The number of hydrogen-bond donors (Lipinski definition) is 2. The molecular formula is C12H11BrFN3OS. The average molecular weight is 344 g/mol. The summed E-state index contributed by atoms with van der Waals surface area (Å²) in [5.74, 6) is -0.786. The first-order valence-electron chi connectivity index (χ1n) is 5.51. The van der Waals surface area contributed by atoms with Gasteiger partial charge in [-0.15, -0.1) is 11.3 Å². The Morgan fingerprint density at radius 1 is 1.53 bits per heavy atom. The molecule has 0 aliphatic carbocycles. The van der Waals surface area contributed by atoms with Crippen molar-refractivity contribution in [2.75, 3.05) is 11.9 Å². The smallest absolute Gasteiger partial charge is 0.275 e. The van der Waals surface area contributed by atoms with E-state index in [4.69, 9.17) is 5.73 Å². The van der Waals surface area contributed by atoms with Crippen LogP contribution >= 0.6 is 27.3 Å². The molecule has 0 saturated carbocycles. The zero-order valence-electron chi connectivity index (χ0n) is 9.82. The summed E-state index contributed by atoms with van der Waals surface area (Å²) in [6.45, 7) is 0.490. The summed E-state index contributed by atoms with van der Waals surface area (Å²) < 4.78 is 13.7. The zero-order valence-corrected chi connectivity index (χ0v) is 12.2. The van der Waals surface area contributed by atoms with Gasteiger partial charge in [-0.1, -0.05) is 0 Å². The molecule has 1 heterocycles. The molecule has 1 amide bonds. The molecule has 2 rings (SSSR count). The number of anilines is 1. The van der Waals surface area contributed by atoms with Crippen LogP contribution in [-0.4, -0.2) is 17.4 Å². The molecule has 0 atom stereocenters. The molecule has 0 unspecified atom stereocenters. The van der Waals surface area contributed by atoms with E-state index in [0.717, 1.165) is 5.01 Å². The third-order valence-electron chi connectivity index (χ3n) is 2.32. The van der Waals surface area contributed by atoms with Gasteiger partial charge < -0.3 is 11.1 Å². The highest BCUT2D eigenvalue weighted by Gasteiger charge is 2.12. The van der Waals surface area contributed by atoms with Crippen LogP contribution in [0, 0.1) is 5.82 Å². The van der Waals surface area contributed by atoms with Crippen molar-refractivity contribution >= 4 is 38.9 Å². The Balaban J connectivity index is 2.13. The Morgan fingerprint density at radius 3 is 3.05 bits per heavy atom. The second kappa shape index (κ2) is 6.23. The number of carbonyl (C=O) groups excluding carboxylic acids is 1. The number of rotatable bonds is 4. The van der Waals surface area contributed by atoms with Gasteiger partial charge in [0.1, 0.15) is 11.5 Å². The van der Waals surface area contributed by atoms with Gasteiger partial charge in [-0.2, -0.15) is 0 Å². The highest BCUT2D eigenvalue weighted by molar-refractivity contribution is 9.10. The lowest BCUT2D eigenvalue weighted by Gasteiger charge is -2.05. The van der Waals surface area contributed by atoms with Crippen LogP contribution in [0.4, 0.5) is 10.1 Å². The van der Waals surface area contributed by atoms with Crippen molar-refractivity contribution < 1.29 is 9.18 Å². The maximum absolute atomic E-state index is 13.1. The van der Waals surface area contributed by atoms with Crippen molar-refractivity contribution in [2.45, 2.75) is 6.42 Å². The minimum absolute atomic E-state index is 0.310. The summed E-state index contributed by atoms with van der Waals surface area (Å²) in [6, 6.07) is 4.09. The van der Waals surface area contributed by atoms with Crippen LogP contribution in [-0.2, 0) is 6.42 Å². The van der Waals surface area contributed by atoms with Crippen molar-refractivity contribution in [3.8, 4) is 0 Å². The maximum Gasteiger partial charge on any atom is 0.275 e. The van der Waals surface area contributed by atoms with Crippen LogP contribution < -0.4 is 11.1 Å². The number of amides is 1. The van der Waals surface area contributed by atoms with E-state index in [-0.39, 0.29) is 5.91 Å². The number of benzene rings is 1. The molecule has 0 radical (unpaired) electrons. The fourth-order valence-electron chi connectivity index (χ4n) is 1.43. The summed E-state index contributed by atoms with van der Waals surface area (Å²) in [5.41, 5.74) is 6.11. The summed E-state index contributed by atoms with van der Waals surface area (Å²) in [6.07, 6.45) is 0.640. The number of nitrogens with two attached hydrogens (primary N) is 1. The van der Waals surface area contributed by atoms with Crippen molar-refractivity contribution in [3.05, 3.63) is 44.6 Å². The molecule has 0 aliphatic rings. The fourth-order valence-corrected chi connectivity index (χ4v) is 2.57. The second-order valence-electron chi connectivity index (χ2n) is 3.74. The van der Waals surface area contributed by atoms with Gasteiger partial charge in [0, 0.05) is 16.3 Å². The number of nitrogens with one attached hydrogen (secondary N) is 1. The van der Waals surface area contributed by atoms with E-state index >= 15 is 0 Å². The quantitative estimate of drug-likeness (QED) is 0.896. The van der Waals surface area contributed by atoms with E-state index in [1.807, 2.05) is 0 Å². The summed E-state index contributed by atoms with van der Waals surface area (Å²) in [5, 5.41) is 5.08. The molecule has 0 spiro atoms. The predicted octanol–water partition coefficient (Wildman–Crippen LogP) is 2.80. The first-order chi connectivity index (χ1) is 9.10. The van der Waals surface area contributed by atoms with E-state index < -0.39 is 5.82 Å². The van der Waals surface area contributed by atoms with Gasteiger partial charge in [0.25, 0.3) is 5.91 Å². The van der Waals surface area contributed by atoms with Crippen LogP contribution in [0.5, 0.6) is 0 Å². The van der Waals surface area contributed by atoms with Gasteiger partial charge in [-0.3, -0.25) is 4.79 Å². The molecule has 3 N–H and O–H groups in total. The number of aromatic nitrogens is 1. The van der Waals surface area contributed by atoms with Crippen molar-refractivity contribution in [1.82, 2.24) is 4.98 Å². The van der Waals surface area contributed by atoms with Crippen LogP contribution in [0.3, 0.4) is 0 Å². The lowest BCUT2D eigenvalue weighted by atomic mass is 10.3. The van der Waals surface area contributed by atoms with E-state index in [1.165, 1.54) is 29.5 Å². The number of nitrogens with zero attached hydrogens (tertiary/aromatic N) is 1. The number of carbonyl (C=O) groups is 1. The molecule has 1 aromatic carbocycles. The molecule has 4 nitrogen and oxygen atoms in total. The monoisotopic (exact) mass is 343 g/mol. The standard InChI is InChI=1S/C12H11BrFN3OS/c13-8-2-1-7(14)5-9(8)17-12(18)10-6-19-11(16-10)3-4-15/h1-2,5-6H,3-4,15H2,(H,17,18). The number of hydrogen-bond acceptors (Lipinski definition) is 4. The van der Waals surface area contributed by atoms with E-state index in [1.54, 1.807) is 5.38 Å². The number of thiazole rings is 1. The Bertz CT molecular complexity index is 602. The molecule has 1 aromatic heterocycles. The Morgan fingerprint density at radius 2 is 2.32 bits per heavy atom. The molecule has 7 heteroatoms. The van der Waals surface area contributed by atoms with Crippen LogP contribution in [0.1, 0.15) is 15.5 Å². The molecule has 100 valence electrons. The van der Waals surface area contributed by atoms with Crippen LogP contribution in [0.15, 0.2) is 28.1 Å².